The van der Waals surface area contributed by atoms with Crippen LogP contribution in [-0.2, 0) is 19.3 Å². The molecule has 1 N–H and O–H groups in total. The zero-order chi connectivity index (χ0) is 22.1. The van der Waals surface area contributed by atoms with Gasteiger partial charge in [0.25, 0.3) is 5.56 Å². The van der Waals surface area contributed by atoms with Gasteiger partial charge in [-0.1, -0.05) is 0 Å². The number of aromatic amines is 1. The van der Waals surface area contributed by atoms with Gasteiger partial charge in [0.2, 0.25) is 5.95 Å². The van der Waals surface area contributed by atoms with Gasteiger partial charge in [-0.2, -0.15) is 0 Å². The fraction of sp³-hybridized carbons (Fsp3) is 0.560. The predicted molar refractivity (Wildman–Crippen MR) is 126 cm³/mol. The van der Waals surface area contributed by atoms with Crippen LogP contribution in [0.5, 0.6) is 11.5 Å². The highest BCUT2D eigenvalue weighted by Crippen LogP contribution is 2.36. The van der Waals surface area contributed by atoms with Crippen molar-refractivity contribution in [3.63, 3.8) is 0 Å². The fourth-order valence-electron chi connectivity index (χ4n) is 5.24. The second-order valence-corrected chi connectivity index (χ2v) is 8.79. The number of aliphatic imine (C=N–C) groups is 1. The summed E-state index contributed by atoms with van der Waals surface area (Å²) in [7, 11) is 0. The fourth-order valence-corrected chi connectivity index (χ4v) is 5.24. The lowest BCUT2D eigenvalue weighted by atomic mass is 9.79. The van der Waals surface area contributed by atoms with Crippen molar-refractivity contribution in [3.8, 4) is 11.5 Å². The quantitative estimate of drug-likeness (QED) is 0.752. The van der Waals surface area contributed by atoms with E-state index in [0.29, 0.717) is 19.6 Å². The summed E-state index contributed by atoms with van der Waals surface area (Å²) in [5.41, 5.74) is 5.31. The van der Waals surface area contributed by atoms with E-state index in [-0.39, 0.29) is 11.5 Å². The van der Waals surface area contributed by atoms with Crippen molar-refractivity contribution in [2.75, 3.05) is 37.7 Å². The predicted octanol–water partition coefficient (Wildman–Crippen LogP) is 3.32. The van der Waals surface area contributed by atoms with Crippen LogP contribution in [0.2, 0.25) is 0 Å². The summed E-state index contributed by atoms with van der Waals surface area (Å²) in [5.74, 6) is 2.54. The second-order valence-electron chi connectivity index (χ2n) is 8.79. The van der Waals surface area contributed by atoms with E-state index in [1.807, 2.05) is 13.8 Å². The molecule has 1 fully saturated rings. The van der Waals surface area contributed by atoms with Crippen molar-refractivity contribution in [2.24, 2.45) is 10.9 Å². The number of fused-ring (bicyclic) bond motifs is 2. The van der Waals surface area contributed by atoms with Gasteiger partial charge in [0, 0.05) is 42.4 Å². The van der Waals surface area contributed by atoms with Crippen LogP contribution < -0.4 is 19.9 Å². The number of nitrogens with zero attached hydrogens (tertiary/aromatic N) is 3. The Bertz CT molecular complexity index is 1090. The minimum absolute atomic E-state index is 0.0138. The van der Waals surface area contributed by atoms with E-state index in [2.05, 4.69) is 22.0 Å². The number of anilines is 1. The Balaban J connectivity index is 1.44. The normalized spacial score (nSPS) is 19.9. The van der Waals surface area contributed by atoms with E-state index in [1.165, 1.54) is 5.56 Å². The maximum atomic E-state index is 13.0. The summed E-state index contributed by atoms with van der Waals surface area (Å²) in [5, 5.41) is 0. The molecule has 1 aliphatic carbocycles. The van der Waals surface area contributed by atoms with Gasteiger partial charge in [-0.25, -0.2) is 4.98 Å². The minimum atomic E-state index is 0.0138. The van der Waals surface area contributed by atoms with Crippen LogP contribution in [0.1, 0.15) is 55.5 Å². The SMILES string of the molecule is CCOc1cc2c(cc1OCC)C(C1CCc3nc(N4CCCC4)[nH]c(=O)c3C1)=NCC2. The molecular weight excluding hydrogens is 404 g/mol. The first-order valence-corrected chi connectivity index (χ1v) is 12.0. The van der Waals surface area contributed by atoms with E-state index < -0.39 is 0 Å². The van der Waals surface area contributed by atoms with Crippen molar-refractivity contribution < 1.29 is 9.47 Å². The highest BCUT2D eigenvalue weighted by atomic mass is 16.5. The molecule has 1 aromatic carbocycles. The summed E-state index contributed by atoms with van der Waals surface area (Å²) in [4.78, 5) is 28.0. The second kappa shape index (κ2) is 8.96. The van der Waals surface area contributed by atoms with Crippen molar-refractivity contribution in [1.29, 1.82) is 0 Å². The van der Waals surface area contributed by atoms with Crippen LogP contribution in [0, 0.1) is 5.92 Å². The number of aromatic nitrogens is 2. The lowest BCUT2D eigenvalue weighted by molar-refractivity contribution is 0.287. The molecule has 7 nitrogen and oxygen atoms in total. The third kappa shape index (κ3) is 3.89. The molecule has 1 aromatic heterocycles. The first kappa shape index (κ1) is 21.0. The van der Waals surface area contributed by atoms with Crippen LogP contribution in [0.4, 0.5) is 5.95 Å². The molecule has 3 heterocycles. The maximum Gasteiger partial charge on any atom is 0.255 e. The average Bonchev–Trinajstić information content (AvgIpc) is 3.34. The number of H-pyrrole nitrogens is 1. The molecule has 5 rings (SSSR count). The van der Waals surface area contributed by atoms with Gasteiger partial charge >= 0.3 is 0 Å². The van der Waals surface area contributed by atoms with Crippen LogP contribution in [0.25, 0.3) is 0 Å². The molecule has 3 aliphatic rings. The topological polar surface area (TPSA) is 79.8 Å². The first-order valence-electron chi connectivity index (χ1n) is 12.0. The Labute approximate surface area is 188 Å². The zero-order valence-corrected chi connectivity index (χ0v) is 19.1. The zero-order valence-electron chi connectivity index (χ0n) is 19.1. The Morgan fingerprint density at radius 2 is 1.84 bits per heavy atom. The highest BCUT2D eigenvalue weighted by Gasteiger charge is 2.31. The number of aryl methyl sites for hydroxylation is 1. The molecule has 1 atom stereocenters. The van der Waals surface area contributed by atoms with Crippen LogP contribution >= 0.6 is 0 Å². The molecular formula is C25H32N4O3. The molecule has 32 heavy (non-hydrogen) atoms. The van der Waals surface area contributed by atoms with Crippen molar-refractivity contribution in [1.82, 2.24) is 9.97 Å². The Morgan fingerprint density at radius 1 is 1.09 bits per heavy atom. The summed E-state index contributed by atoms with van der Waals surface area (Å²) in [6.45, 7) is 7.89. The highest BCUT2D eigenvalue weighted by molar-refractivity contribution is 6.05. The molecule has 1 saturated heterocycles. The molecule has 2 aliphatic heterocycles. The minimum Gasteiger partial charge on any atom is -0.490 e. The van der Waals surface area contributed by atoms with E-state index in [0.717, 1.165) is 91.7 Å². The number of hydrogen-bond donors (Lipinski definition) is 1. The van der Waals surface area contributed by atoms with Crippen molar-refractivity contribution in [2.45, 2.75) is 52.4 Å². The van der Waals surface area contributed by atoms with Gasteiger partial charge in [-0.15, -0.1) is 0 Å². The smallest absolute Gasteiger partial charge is 0.255 e. The van der Waals surface area contributed by atoms with Crippen molar-refractivity contribution >= 4 is 11.7 Å². The van der Waals surface area contributed by atoms with Crippen LogP contribution in [0.3, 0.4) is 0 Å². The van der Waals surface area contributed by atoms with Crippen LogP contribution in [-0.4, -0.2) is 48.5 Å². The molecule has 0 radical (unpaired) electrons. The standard InChI is InChI=1S/C25H32N4O3/c1-3-31-21-14-16-9-10-26-23(18(16)15-22(21)32-4-2)17-7-8-20-19(13-17)24(30)28-25(27-20)29-11-5-6-12-29/h14-15,17H,3-13H2,1-2H3,(H,27,28,30). The van der Waals surface area contributed by atoms with E-state index in [9.17, 15) is 4.79 Å². The number of ether oxygens (including phenoxy) is 2. The third-order valence-corrected chi connectivity index (χ3v) is 6.77. The molecule has 0 bridgehead atoms. The number of hydrogen-bond acceptors (Lipinski definition) is 6. The molecule has 170 valence electrons. The average molecular weight is 437 g/mol. The Kier molecular flexibility index (Phi) is 5.89. The lowest BCUT2D eigenvalue weighted by Crippen LogP contribution is -2.33. The molecule has 0 saturated carbocycles. The van der Waals surface area contributed by atoms with Gasteiger partial charge in [0.05, 0.1) is 18.9 Å². The van der Waals surface area contributed by atoms with Gasteiger partial charge in [-0.3, -0.25) is 14.8 Å². The molecule has 2 aromatic rings. The Hall–Kier alpha value is -2.83. The summed E-state index contributed by atoms with van der Waals surface area (Å²) in [6.07, 6.45) is 5.68. The van der Waals surface area contributed by atoms with Gasteiger partial charge in [0.1, 0.15) is 0 Å². The van der Waals surface area contributed by atoms with Crippen molar-refractivity contribution in [3.05, 3.63) is 44.9 Å². The summed E-state index contributed by atoms with van der Waals surface area (Å²) >= 11 is 0. The lowest BCUT2D eigenvalue weighted by Gasteiger charge is -2.29. The van der Waals surface area contributed by atoms with Gasteiger partial charge in [-0.05, 0) is 70.1 Å². The van der Waals surface area contributed by atoms with E-state index in [4.69, 9.17) is 19.5 Å². The number of nitrogens with one attached hydrogen (secondary N) is 1. The van der Waals surface area contributed by atoms with E-state index in [1.54, 1.807) is 0 Å². The van der Waals surface area contributed by atoms with Crippen LogP contribution in [0.15, 0.2) is 21.9 Å². The first-order chi connectivity index (χ1) is 15.7. The van der Waals surface area contributed by atoms with E-state index >= 15 is 0 Å². The third-order valence-electron chi connectivity index (χ3n) is 6.77. The summed E-state index contributed by atoms with van der Waals surface area (Å²) < 4.78 is 11.7. The number of benzene rings is 1. The monoisotopic (exact) mass is 436 g/mol. The maximum absolute atomic E-state index is 13.0. The molecule has 1 unspecified atom stereocenters. The summed E-state index contributed by atoms with van der Waals surface area (Å²) in [6, 6.07) is 4.21. The largest absolute Gasteiger partial charge is 0.490 e. The van der Waals surface area contributed by atoms with Gasteiger partial charge in [0.15, 0.2) is 11.5 Å². The Morgan fingerprint density at radius 3 is 2.59 bits per heavy atom. The molecule has 0 spiro atoms. The molecule has 0 amide bonds. The molecule has 7 heteroatoms. The van der Waals surface area contributed by atoms with Gasteiger partial charge < -0.3 is 14.4 Å². The number of rotatable bonds is 6.